The molecule has 1 N–H and O–H groups in total. The van der Waals surface area contributed by atoms with Crippen LogP contribution >= 0.6 is 0 Å². The lowest BCUT2D eigenvalue weighted by Crippen LogP contribution is -2.12. The second-order valence-corrected chi connectivity index (χ2v) is 5.47. The summed E-state index contributed by atoms with van der Waals surface area (Å²) in [5.41, 5.74) is 0.277. The van der Waals surface area contributed by atoms with Gasteiger partial charge in [0.1, 0.15) is 6.54 Å². The van der Waals surface area contributed by atoms with Gasteiger partial charge in [0.2, 0.25) is 5.89 Å². The normalized spacial score (nSPS) is 11.8. The van der Waals surface area contributed by atoms with E-state index in [-0.39, 0.29) is 17.7 Å². The number of aromatic carboxylic acids is 1. The van der Waals surface area contributed by atoms with Crippen LogP contribution in [0.2, 0.25) is 0 Å². The second kappa shape index (κ2) is 5.03. The van der Waals surface area contributed by atoms with Gasteiger partial charge in [-0.3, -0.25) is 0 Å². The molecule has 0 radical (unpaired) electrons. The molecule has 2 heterocycles. The van der Waals surface area contributed by atoms with Gasteiger partial charge in [0, 0.05) is 5.41 Å². The summed E-state index contributed by atoms with van der Waals surface area (Å²) in [4.78, 5) is 15.3. The quantitative estimate of drug-likeness (QED) is 0.897. The molecule has 0 atom stereocenters. The Hall–Kier alpha value is -2.25. The molecule has 0 aromatic carbocycles. The molecule has 0 aliphatic carbocycles. The van der Waals surface area contributed by atoms with Crippen LogP contribution < -0.4 is 0 Å². The number of carboxylic acids is 1. The Labute approximate surface area is 115 Å². The SMILES string of the molecule is CCc1c(C(=O)O)nnn1Cc1noc(C(C)(C)C)n1. The standard InChI is InChI=1S/C12H17N5O3/c1-5-7-9(10(18)19)14-16-17(7)6-8-13-11(20-15-8)12(2,3)4/h5-6H2,1-4H3,(H,18,19). The number of nitrogens with zero attached hydrogens (tertiary/aromatic N) is 5. The van der Waals surface area contributed by atoms with Crippen LogP contribution in [0, 0.1) is 0 Å². The van der Waals surface area contributed by atoms with Crippen molar-refractivity contribution in [2.75, 3.05) is 0 Å². The zero-order valence-electron chi connectivity index (χ0n) is 11.9. The second-order valence-electron chi connectivity index (χ2n) is 5.47. The maximum Gasteiger partial charge on any atom is 0.358 e. The Kier molecular flexibility index (Phi) is 3.56. The Morgan fingerprint density at radius 3 is 2.60 bits per heavy atom. The number of hydrogen-bond donors (Lipinski definition) is 1. The van der Waals surface area contributed by atoms with Crippen LogP contribution in [0.3, 0.4) is 0 Å². The molecule has 0 spiro atoms. The van der Waals surface area contributed by atoms with E-state index in [9.17, 15) is 4.79 Å². The minimum atomic E-state index is -1.09. The van der Waals surface area contributed by atoms with Crippen LogP contribution in [0.15, 0.2) is 4.52 Å². The molecule has 8 heteroatoms. The third-order valence-electron chi connectivity index (χ3n) is 2.78. The van der Waals surface area contributed by atoms with Crippen LogP contribution in [0.25, 0.3) is 0 Å². The van der Waals surface area contributed by atoms with Gasteiger partial charge in [0.15, 0.2) is 11.5 Å². The molecule has 0 unspecified atom stereocenters. The number of carboxylic acid groups (broad SMARTS) is 1. The smallest absolute Gasteiger partial charge is 0.358 e. The van der Waals surface area contributed by atoms with E-state index in [1.54, 1.807) is 0 Å². The summed E-state index contributed by atoms with van der Waals surface area (Å²) in [6.45, 7) is 8.00. The highest BCUT2D eigenvalue weighted by molar-refractivity contribution is 5.86. The summed E-state index contributed by atoms with van der Waals surface area (Å²) in [5.74, 6) is -0.104. The monoisotopic (exact) mass is 279 g/mol. The van der Waals surface area contributed by atoms with E-state index in [1.807, 2.05) is 27.7 Å². The molecule has 0 aliphatic rings. The Morgan fingerprint density at radius 2 is 2.10 bits per heavy atom. The van der Waals surface area contributed by atoms with Gasteiger partial charge in [-0.25, -0.2) is 9.48 Å². The topological polar surface area (TPSA) is 107 Å². The molecule has 0 saturated carbocycles. The Morgan fingerprint density at radius 1 is 1.40 bits per heavy atom. The van der Waals surface area contributed by atoms with Gasteiger partial charge in [0.25, 0.3) is 0 Å². The van der Waals surface area contributed by atoms with Crippen molar-refractivity contribution in [2.24, 2.45) is 0 Å². The first-order valence-corrected chi connectivity index (χ1v) is 6.31. The van der Waals surface area contributed by atoms with E-state index in [4.69, 9.17) is 9.63 Å². The lowest BCUT2D eigenvalue weighted by atomic mass is 9.97. The van der Waals surface area contributed by atoms with Crippen LogP contribution in [0.4, 0.5) is 0 Å². The first-order chi connectivity index (χ1) is 9.32. The lowest BCUT2D eigenvalue weighted by molar-refractivity contribution is 0.0689. The van der Waals surface area contributed by atoms with Crippen molar-refractivity contribution < 1.29 is 14.4 Å². The van der Waals surface area contributed by atoms with E-state index >= 15 is 0 Å². The molecule has 2 rings (SSSR count). The van der Waals surface area contributed by atoms with Crippen LogP contribution in [-0.4, -0.2) is 36.2 Å². The van der Waals surface area contributed by atoms with Gasteiger partial charge < -0.3 is 9.63 Å². The van der Waals surface area contributed by atoms with E-state index in [1.165, 1.54) is 4.68 Å². The fraction of sp³-hybridized carbons (Fsp3) is 0.583. The van der Waals surface area contributed by atoms with Crippen LogP contribution in [0.1, 0.15) is 55.6 Å². The maximum absolute atomic E-state index is 11.0. The summed E-state index contributed by atoms with van der Waals surface area (Å²) in [7, 11) is 0. The molecule has 2 aromatic heterocycles. The fourth-order valence-electron chi connectivity index (χ4n) is 1.73. The Balaban J connectivity index is 2.26. The average Bonchev–Trinajstić information content (AvgIpc) is 2.95. The summed E-state index contributed by atoms with van der Waals surface area (Å²) < 4.78 is 6.68. The third kappa shape index (κ3) is 2.68. The average molecular weight is 279 g/mol. The number of rotatable bonds is 4. The highest BCUT2D eigenvalue weighted by atomic mass is 16.5. The zero-order chi connectivity index (χ0) is 14.9. The van der Waals surface area contributed by atoms with Gasteiger partial charge in [-0.15, -0.1) is 5.10 Å². The van der Waals surface area contributed by atoms with Crippen molar-refractivity contribution in [3.8, 4) is 0 Å². The van der Waals surface area contributed by atoms with Crippen molar-refractivity contribution in [1.29, 1.82) is 0 Å². The molecule has 0 fully saturated rings. The van der Waals surface area contributed by atoms with E-state index in [0.29, 0.717) is 23.8 Å². The number of carbonyl (C=O) groups is 1. The lowest BCUT2D eigenvalue weighted by Gasteiger charge is -2.10. The fourth-order valence-corrected chi connectivity index (χ4v) is 1.73. The first-order valence-electron chi connectivity index (χ1n) is 6.31. The summed E-state index contributed by atoms with van der Waals surface area (Å²) in [6, 6.07) is 0. The van der Waals surface area contributed by atoms with Gasteiger partial charge in [-0.1, -0.05) is 38.1 Å². The third-order valence-corrected chi connectivity index (χ3v) is 2.78. The highest BCUT2D eigenvalue weighted by Gasteiger charge is 2.23. The highest BCUT2D eigenvalue weighted by Crippen LogP contribution is 2.20. The molecule has 0 amide bonds. The van der Waals surface area contributed by atoms with Crippen molar-refractivity contribution in [3.63, 3.8) is 0 Å². The Bertz CT molecular complexity index is 623. The molecule has 0 bridgehead atoms. The summed E-state index contributed by atoms with van der Waals surface area (Å²) >= 11 is 0. The van der Waals surface area contributed by atoms with Crippen molar-refractivity contribution in [2.45, 2.75) is 46.1 Å². The van der Waals surface area contributed by atoms with Gasteiger partial charge in [-0.2, -0.15) is 4.98 Å². The zero-order valence-corrected chi connectivity index (χ0v) is 11.9. The van der Waals surface area contributed by atoms with Crippen molar-refractivity contribution in [1.82, 2.24) is 25.1 Å². The molecular weight excluding hydrogens is 262 g/mol. The van der Waals surface area contributed by atoms with E-state index in [0.717, 1.165) is 0 Å². The van der Waals surface area contributed by atoms with Crippen molar-refractivity contribution in [3.05, 3.63) is 23.1 Å². The molecule has 2 aromatic rings. The van der Waals surface area contributed by atoms with Gasteiger partial charge >= 0.3 is 5.97 Å². The molecule has 0 aliphatic heterocycles. The predicted octanol–water partition coefficient (Wildman–Crippen LogP) is 1.27. The number of hydrogen-bond acceptors (Lipinski definition) is 6. The summed E-state index contributed by atoms with van der Waals surface area (Å²) in [5, 5.41) is 20.4. The number of aromatic nitrogens is 5. The van der Waals surface area contributed by atoms with Gasteiger partial charge in [0.05, 0.1) is 5.69 Å². The minimum Gasteiger partial charge on any atom is -0.476 e. The minimum absolute atomic E-state index is 0.0351. The maximum atomic E-state index is 11.0. The van der Waals surface area contributed by atoms with Crippen LogP contribution in [0.5, 0.6) is 0 Å². The van der Waals surface area contributed by atoms with E-state index in [2.05, 4.69) is 20.5 Å². The molecule has 8 nitrogen and oxygen atoms in total. The first kappa shape index (κ1) is 14.2. The molecule has 20 heavy (non-hydrogen) atoms. The molecule has 0 saturated heterocycles. The van der Waals surface area contributed by atoms with Gasteiger partial charge in [-0.05, 0) is 6.42 Å². The van der Waals surface area contributed by atoms with E-state index < -0.39 is 5.97 Å². The molecule has 108 valence electrons. The molecular formula is C12H17N5O3. The van der Waals surface area contributed by atoms with Crippen LogP contribution in [-0.2, 0) is 18.4 Å². The largest absolute Gasteiger partial charge is 0.476 e. The van der Waals surface area contributed by atoms with Crippen molar-refractivity contribution >= 4 is 5.97 Å². The predicted molar refractivity (Wildman–Crippen MR) is 68.5 cm³/mol. The summed E-state index contributed by atoms with van der Waals surface area (Å²) in [6.07, 6.45) is 0.513.